The molecule has 0 spiro atoms. The smallest absolute Gasteiger partial charge is 0.211 e. The molecule has 0 aromatic carbocycles. The number of aliphatic imine (C=N–C) groups is 1. The Kier molecular flexibility index (Phi) is 2.62. The Morgan fingerprint density at radius 1 is 1.58 bits per heavy atom. The molecule has 0 aliphatic heterocycles. The van der Waals surface area contributed by atoms with Crippen LogP contribution in [0.15, 0.2) is 4.99 Å². The molecule has 3 heteroatoms. The number of nitriles is 1. The van der Waals surface area contributed by atoms with Gasteiger partial charge in [0.05, 0.1) is 6.07 Å². The summed E-state index contributed by atoms with van der Waals surface area (Å²) in [6.07, 6.45) is 5.33. The van der Waals surface area contributed by atoms with E-state index in [-0.39, 0.29) is 5.92 Å². The van der Waals surface area contributed by atoms with Crippen molar-refractivity contribution in [2.75, 3.05) is 0 Å². The highest BCUT2D eigenvalue weighted by Gasteiger charge is 2.38. The lowest BCUT2D eigenvalue weighted by Gasteiger charge is -2.31. The van der Waals surface area contributed by atoms with Crippen LogP contribution in [0.25, 0.3) is 0 Å². The Labute approximate surface area is 72.1 Å². The fraction of sp³-hybridized carbons (Fsp3) is 0.778. The largest absolute Gasteiger partial charge is 0.236 e. The summed E-state index contributed by atoms with van der Waals surface area (Å²) in [5.41, 5.74) is -0.764. The first kappa shape index (κ1) is 8.96. The van der Waals surface area contributed by atoms with Crippen LogP contribution >= 0.6 is 0 Å². The molecule has 1 aliphatic rings. The van der Waals surface area contributed by atoms with E-state index in [9.17, 15) is 4.79 Å². The minimum atomic E-state index is -0.764. The van der Waals surface area contributed by atoms with Crippen molar-refractivity contribution in [2.24, 2.45) is 10.9 Å². The van der Waals surface area contributed by atoms with Gasteiger partial charge in [-0.25, -0.2) is 4.79 Å². The SMILES string of the molecule is CC1CCCCC1(C#N)N=C=O. The normalized spacial score (nSPS) is 34.8. The molecule has 12 heavy (non-hydrogen) atoms. The van der Waals surface area contributed by atoms with E-state index in [1.807, 2.05) is 6.92 Å². The van der Waals surface area contributed by atoms with E-state index in [2.05, 4.69) is 11.1 Å². The van der Waals surface area contributed by atoms with Crippen molar-refractivity contribution in [3.05, 3.63) is 0 Å². The molecule has 0 N–H and O–H groups in total. The second-order valence-corrected chi connectivity index (χ2v) is 3.39. The highest BCUT2D eigenvalue weighted by Crippen LogP contribution is 2.35. The van der Waals surface area contributed by atoms with Crippen LogP contribution in [-0.2, 0) is 4.79 Å². The van der Waals surface area contributed by atoms with Crippen LogP contribution in [0.5, 0.6) is 0 Å². The predicted octanol–water partition coefficient (Wildman–Crippen LogP) is 1.79. The number of hydrogen-bond donors (Lipinski definition) is 0. The molecule has 1 rings (SSSR count). The molecule has 0 aromatic rings. The maximum atomic E-state index is 10.1. The molecule has 64 valence electrons. The summed E-state index contributed by atoms with van der Waals surface area (Å²) in [6.45, 7) is 1.98. The van der Waals surface area contributed by atoms with Crippen LogP contribution in [0.2, 0.25) is 0 Å². The standard InChI is InChI=1S/C9H12N2O/c1-8-4-2-3-5-9(8,6-10)11-7-12/h8H,2-5H2,1H3. The summed E-state index contributed by atoms with van der Waals surface area (Å²) < 4.78 is 0. The lowest BCUT2D eigenvalue weighted by Crippen LogP contribution is -2.35. The number of carbonyl (C=O) groups excluding carboxylic acids is 1. The van der Waals surface area contributed by atoms with Crippen molar-refractivity contribution in [2.45, 2.75) is 38.1 Å². The molecule has 1 saturated carbocycles. The van der Waals surface area contributed by atoms with Gasteiger partial charge in [-0.1, -0.05) is 13.3 Å². The summed E-state index contributed by atoms with van der Waals surface area (Å²) in [5.74, 6) is 0.192. The second-order valence-electron chi connectivity index (χ2n) is 3.39. The van der Waals surface area contributed by atoms with Gasteiger partial charge >= 0.3 is 0 Å². The number of isocyanates is 1. The number of rotatable bonds is 1. The molecule has 0 saturated heterocycles. The summed E-state index contributed by atoms with van der Waals surface area (Å²) in [6, 6.07) is 2.14. The Hall–Kier alpha value is -1.13. The molecular weight excluding hydrogens is 152 g/mol. The van der Waals surface area contributed by atoms with Crippen LogP contribution in [0, 0.1) is 17.2 Å². The molecule has 0 heterocycles. The van der Waals surface area contributed by atoms with Gasteiger partial charge in [-0.3, -0.25) is 0 Å². The zero-order chi connectivity index (χ0) is 9.03. The number of hydrogen-bond acceptors (Lipinski definition) is 3. The Morgan fingerprint density at radius 2 is 2.33 bits per heavy atom. The van der Waals surface area contributed by atoms with Crippen molar-refractivity contribution in [1.29, 1.82) is 5.26 Å². The fourth-order valence-electron chi connectivity index (χ4n) is 1.77. The average molecular weight is 164 g/mol. The van der Waals surface area contributed by atoms with Crippen LogP contribution in [0.1, 0.15) is 32.6 Å². The summed E-state index contributed by atoms with van der Waals surface area (Å²) in [5, 5.41) is 8.92. The zero-order valence-corrected chi connectivity index (χ0v) is 7.21. The van der Waals surface area contributed by atoms with Gasteiger partial charge in [0.2, 0.25) is 6.08 Å². The van der Waals surface area contributed by atoms with Crippen molar-refractivity contribution in [3.8, 4) is 6.07 Å². The maximum Gasteiger partial charge on any atom is 0.236 e. The van der Waals surface area contributed by atoms with E-state index in [0.717, 1.165) is 19.3 Å². The third-order valence-corrected chi connectivity index (χ3v) is 2.70. The Morgan fingerprint density at radius 3 is 2.83 bits per heavy atom. The molecular formula is C9H12N2O. The van der Waals surface area contributed by atoms with Crippen molar-refractivity contribution < 1.29 is 4.79 Å². The van der Waals surface area contributed by atoms with E-state index < -0.39 is 5.54 Å². The lowest BCUT2D eigenvalue weighted by atomic mass is 9.75. The van der Waals surface area contributed by atoms with Gasteiger partial charge in [0.25, 0.3) is 0 Å². The summed E-state index contributed by atoms with van der Waals surface area (Å²) >= 11 is 0. The van der Waals surface area contributed by atoms with Gasteiger partial charge in [-0.15, -0.1) is 0 Å². The van der Waals surface area contributed by atoms with Crippen LogP contribution in [0.4, 0.5) is 0 Å². The molecule has 3 nitrogen and oxygen atoms in total. The first-order chi connectivity index (χ1) is 5.75. The van der Waals surface area contributed by atoms with E-state index in [0.29, 0.717) is 6.42 Å². The van der Waals surface area contributed by atoms with Crippen molar-refractivity contribution in [3.63, 3.8) is 0 Å². The summed E-state index contributed by atoms with van der Waals surface area (Å²) in [4.78, 5) is 13.8. The first-order valence-electron chi connectivity index (χ1n) is 4.25. The fourth-order valence-corrected chi connectivity index (χ4v) is 1.77. The van der Waals surface area contributed by atoms with Gasteiger partial charge in [0, 0.05) is 0 Å². The van der Waals surface area contributed by atoms with E-state index in [1.54, 1.807) is 0 Å². The molecule has 2 atom stereocenters. The van der Waals surface area contributed by atoms with E-state index in [4.69, 9.17) is 5.26 Å². The van der Waals surface area contributed by atoms with Crippen LogP contribution in [-0.4, -0.2) is 11.6 Å². The van der Waals surface area contributed by atoms with Crippen molar-refractivity contribution in [1.82, 2.24) is 0 Å². The first-order valence-corrected chi connectivity index (χ1v) is 4.25. The minimum Gasteiger partial charge on any atom is -0.211 e. The summed E-state index contributed by atoms with van der Waals surface area (Å²) in [7, 11) is 0. The number of nitrogens with zero attached hydrogens (tertiary/aromatic N) is 2. The Balaban J connectivity index is 2.90. The van der Waals surface area contributed by atoms with Crippen LogP contribution in [0.3, 0.4) is 0 Å². The quantitative estimate of drug-likeness (QED) is 0.438. The van der Waals surface area contributed by atoms with Gasteiger partial charge in [-0.2, -0.15) is 10.3 Å². The van der Waals surface area contributed by atoms with Crippen LogP contribution < -0.4 is 0 Å². The molecule has 1 aliphatic carbocycles. The molecule has 0 amide bonds. The molecule has 2 unspecified atom stereocenters. The van der Waals surface area contributed by atoms with Gasteiger partial charge in [-0.05, 0) is 25.2 Å². The van der Waals surface area contributed by atoms with E-state index >= 15 is 0 Å². The highest BCUT2D eigenvalue weighted by molar-refractivity contribution is 5.37. The second kappa shape index (κ2) is 3.51. The topological polar surface area (TPSA) is 53.2 Å². The predicted molar refractivity (Wildman–Crippen MR) is 44.1 cm³/mol. The van der Waals surface area contributed by atoms with Gasteiger partial charge < -0.3 is 0 Å². The third-order valence-electron chi connectivity index (χ3n) is 2.70. The zero-order valence-electron chi connectivity index (χ0n) is 7.21. The molecule has 0 radical (unpaired) electrons. The van der Waals surface area contributed by atoms with Gasteiger partial charge in [0.1, 0.15) is 0 Å². The van der Waals surface area contributed by atoms with Gasteiger partial charge in [0.15, 0.2) is 5.54 Å². The monoisotopic (exact) mass is 164 g/mol. The Bertz CT molecular complexity index is 250. The average Bonchev–Trinajstić information content (AvgIpc) is 2.10. The molecule has 0 bridgehead atoms. The van der Waals surface area contributed by atoms with Crippen molar-refractivity contribution >= 4 is 6.08 Å². The third kappa shape index (κ3) is 1.39. The lowest BCUT2D eigenvalue weighted by molar-refractivity contribution is 0.266. The minimum absolute atomic E-state index is 0.192. The maximum absolute atomic E-state index is 10.1. The molecule has 1 fully saturated rings. The molecule has 0 aromatic heterocycles. The highest BCUT2D eigenvalue weighted by atomic mass is 16.1. The van der Waals surface area contributed by atoms with E-state index in [1.165, 1.54) is 6.08 Å².